The van der Waals surface area contributed by atoms with Gasteiger partial charge >= 0.3 is 0 Å². The third kappa shape index (κ3) is 4.96. The molecule has 0 spiro atoms. The summed E-state index contributed by atoms with van der Waals surface area (Å²) in [5.74, 6) is 0.581. The zero-order chi connectivity index (χ0) is 22.6. The highest BCUT2D eigenvalue weighted by molar-refractivity contribution is 5.81. The number of para-hydroxylation sites is 1. The zero-order valence-electron chi connectivity index (χ0n) is 19.4. The van der Waals surface area contributed by atoms with E-state index in [0.717, 1.165) is 45.8 Å². The van der Waals surface area contributed by atoms with Gasteiger partial charge in [-0.15, -0.1) is 0 Å². The van der Waals surface area contributed by atoms with Crippen molar-refractivity contribution in [3.05, 3.63) is 102 Å². The predicted molar refractivity (Wildman–Crippen MR) is 134 cm³/mol. The molecule has 33 heavy (non-hydrogen) atoms. The number of nitrogens with zero attached hydrogens (tertiary/aromatic N) is 3. The largest absolute Gasteiger partial charge is 0.368 e. The van der Waals surface area contributed by atoms with Gasteiger partial charge in [-0.2, -0.15) is 0 Å². The molecule has 4 nitrogen and oxygen atoms in total. The van der Waals surface area contributed by atoms with Gasteiger partial charge in [-0.25, -0.2) is 0 Å². The molecular weight excluding hydrogens is 406 g/mol. The van der Waals surface area contributed by atoms with Crippen molar-refractivity contribution in [2.24, 2.45) is 5.92 Å². The summed E-state index contributed by atoms with van der Waals surface area (Å²) in [4.78, 5) is 20.7. The Hall–Kier alpha value is -3.11. The number of benzene rings is 3. The number of anilines is 1. The van der Waals surface area contributed by atoms with Gasteiger partial charge in [0.05, 0.1) is 5.92 Å². The third-order valence-corrected chi connectivity index (χ3v) is 7.18. The van der Waals surface area contributed by atoms with Crippen LogP contribution in [0.5, 0.6) is 0 Å². The van der Waals surface area contributed by atoms with Gasteiger partial charge in [-0.3, -0.25) is 9.69 Å². The summed E-state index contributed by atoms with van der Waals surface area (Å²) in [5.41, 5.74) is 5.11. The molecule has 2 unspecified atom stereocenters. The van der Waals surface area contributed by atoms with Crippen LogP contribution >= 0.6 is 0 Å². The standard InChI is InChI=1S/C29H33N3O/c1-23-12-14-25(15-13-23)27-21-30(20-24-8-4-2-5-9-24)22-28(27)29(33)32-18-16-31(17-19-32)26-10-6-3-7-11-26/h2-15,27-28H,16-22H2,1H3. The number of aryl methyl sites for hydroxylation is 1. The number of carbonyl (C=O) groups excluding carboxylic acids is 1. The minimum absolute atomic E-state index is 0.0136. The number of hydrogen-bond acceptors (Lipinski definition) is 3. The molecule has 1 amide bonds. The van der Waals surface area contributed by atoms with Gasteiger partial charge in [0.15, 0.2) is 0 Å². The molecule has 2 atom stereocenters. The molecule has 0 saturated carbocycles. The van der Waals surface area contributed by atoms with Gasteiger partial charge in [0, 0.05) is 57.4 Å². The van der Waals surface area contributed by atoms with Gasteiger partial charge < -0.3 is 9.80 Å². The monoisotopic (exact) mass is 439 g/mol. The van der Waals surface area contributed by atoms with Gasteiger partial charge in [-0.1, -0.05) is 78.4 Å². The SMILES string of the molecule is Cc1ccc(C2CN(Cc3ccccc3)CC2C(=O)N2CCN(c3ccccc3)CC2)cc1. The van der Waals surface area contributed by atoms with Crippen LogP contribution in [0.15, 0.2) is 84.9 Å². The first-order valence-electron chi connectivity index (χ1n) is 12.1. The van der Waals surface area contributed by atoms with Crippen LogP contribution in [-0.4, -0.2) is 55.0 Å². The van der Waals surface area contributed by atoms with Crippen LogP contribution in [-0.2, 0) is 11.3 Å². The van der Waals surface area contributed by atoms with Crippen LogP contribution in [0.4, 0.5) is 5.69 Å². The van der Waals surface area contributed by atoms with Crippen LogP contribution in [0.3, 0.4) is 0 Å². The smallest absolute Gasteiger partial charge is 0.227 e. The third-order valence-electron chi connectivity index (χ3n) is 7.18. The Kier molecular flexibility index (Phi) is 6.45. The average molecular weight is 440 g/mol. The summed E-state index contributed by atoms with van der Waals surface area (Å²) < 4.78 is 0. The molecule has 0 aliphatic carbocycles. The minimum atomic E-state index is 0.0136. The van der Waals surface area contributed by atoms with E-state index < -0.39 is 0 Å². The van der Waals surface area contributed by atoms with Crippen molar-refractivity contribution < 1.29 is 4.79 Å². The van der Waals surface area contributed by atoms with Crippen molar-refractivity contribution >= 4 is 11.6 Å². The Labute approximate surface area is 197 Å². The summed E-state index contributed by atoms with van der Waals surface area (Å²) in [6.07, 6.45) is 0. The lowest BCUT2D eigenvalue weighted by atomic mass is 9.87. The van der Waals surface area contributed by atoms with E-state index in [4.69, 9.17) is 0 Å². The summed E-state index contributed by atoms with van der Waals surface area (Å²) in [5, 5.41) is 0. The first kappa shape index (κ1) is 21.7. The Morgan fingerprint density at radius 1 is 0.788 bits per heavy atom. The highest BCUT2D eigenvalue weighted by Crippen LogP contribution is 2.35. The van der Waals surface area contributed by atoms with E-state index in [9.17, 15) is 4.79 Å². The number of carbonyl (C=O) groups is 1. The van der Waals surface area contributed by atoms with Crippen molar-refractivity contribution in [3.8, 4) is 0 Å². The van der Waals surface area contributed by atoms with Gasteiger partial charge in [-0.05, 0) is 30.2 Å². The lowest BCUT2D eigenvalue weighted by Crippen LogP contribution is -2.51. The van der Waals surface area contributed by atoms with Crippen LogP contribution in [0, 0.1) is 12.8 Å². The number of likely N-dealkylation sites (tertiary alicyclic amines) is 1. The van der Waals surface area contributed by atoms with E-state index >= 15 is 0 Å². The van der Waals surface area contributed by atoms with E-state index in [-0.39, 0.29) is 11.8 Å². The number of piperazine rings is 1. The summed E-state index contributed by atoms with van der Waals surface area (Å²) in [6, 6.07) is 29.9. The first-order valence-corrected chi connectivity index (χ1v) is 12.1. The fraction of sp³-hybridized carbons (Fsp3) is 0.345. The second-order valence-electron chi connectivity index (χ2n) is 9.45. The predicted octanol–water partition coefficient (Wildman–Crippen LogP) is 4.56. The zero-order valence-corrected chi connectivity index (χ0v) is 19.4. The molecule has 0 bridgehead atoms. The lowest BCUT2D eigenvalue weighted by molar-refractivity contribution is -0.135. The molecule has 170 valence electrons. The second kappa shape index (κ2) is 9.80. The Morgan fingerprint density at radius 3 is 2.09 bits per heavy atom. The topological polar surface area (TPSA) is 26.8 Å². The normalized spacial score (nSPS) is 21.4. The fourth-order valence-electron chi connectivity index (χ4n) is 5.32. The average Bonchev–Trinajstić information content (AvgIpc) is 3.29. The lowest BCUT2D eigenvalue weighted by Gasteiger charge is -2.38. The van der Waals surface area contributed by atoms with Gasteiger partial charge in [0.2, 0.25) is 5.91 Å². The van der Waals surface area contributed by atoms with Crippen LogP contribution < -0.4 is 4.90 Å². The molecule has 3 aromatic rings. The van der Waals surface area contributed by atoms with Crippen LogP contribution in [0.1, 0.15) is 22.6 Å². The van der Waals surface area contributed by atoms with Crippen molar-refractivity contribution in [1.29, 1.82) is 0 Å². The van der Waals surface area contributed by atoms with E-state index in [2.05, 4.69) is 107 Å². The maximum absolute atomic E-state index is 13.8. The van der Waals surface area contributed by atoms with Crippen LogP contribution in [0.2, 0.25) is 0 Å². The number of rotatable bonds is 5. The maximum atomic E-state index is 13.8. The number of hydrogen-bond donors (Lipinski definition) is 0. The van der Waals surface area contributed by atoms with Crippen molar-refractivity contribution in [2.75, 3.05) is 44.2 Å². The molecule has 2 aliphatic rings. The molecule has 0 aromatic heterocycles. The summed E-state index contributed by atoms with van der Waals surface area (Å²) >= 11 is 0. The summed E-state index contributed by atoms with van der Waals surface area (Å²) in [6.45, 7) is 8.15. The van der Waals surface area contributed by atoms with Crippen molar-refractivity contribution in [3.63, 3.8) is 0 Å². The van der Waals surface area contributed by atoms with Crippen molar-refractivity contribution in [1.82, 2.24) is 9.80 Å². The van der Waals surface area contributed by atoms with Crippen molar-refractivity contribution in [2.45, 2.75) is 19.4 Å². The molecular formula is C29H33N3O. The molecule has 0 radical (unpaired) electrons. The van der Waals surface area contributed by atoms with Crippen LogP contribution in [0.25, 0.3) is 0 Å². The molecule has 2 saturated heterocycles. The van der Waals surface area contributed by atoms with E-state index in [1.807, 2.05) is 0 Å². The minimum Gasteiger partial charge on any atom is -0.368 e. The Morgan fingerprint density at radius 2 is 1.42 bits per heavy atom. The Bertz CT molecular complexity index is 1040. The molecule has 3 aromatic carbocycles. The highest BCUT2D eigenvalue weighted by Gasteiger charge is 2.40. The maximum Gasteiger partial charge on any atom is 0.227 e. The fourth-order valence-corrected chi connectivity index (χ4v) is 5.32. The number of amides is 1. The molecule has 0 N–H and O–H groups in total. The van der Waals surface area contributed by atoms with E-state index in [0.29, 0.717) is 5.91 Å². The second-order valence-corrected chi connectivity index (χ2v) is 9.45. The highest BCUT2D eigenvalue weighted by atomic mass is 16.2. The summed E-state index contributed by atoms with van der Waals surface area (Å²) in [7, 11) is 0. The van der Waals surface area contributed by atoms with E-state index in [1.54, 1.807) is 0 Å². The molecule has 4 heteroatoms. The quantitative estimate of drug-likeness (QED) is 0.583. The first-order chi connectivity index (χ1) is 16.2. The molecule has 2 fully saturated rings. The van der Waals surface area contributed by atoms with Gasteiger partial charge in [0.1, 0.15) is 0 Å². The molecule has 5 rings (SSSR count). The molecule has 2 heterocycles. The van der Waals surface area contributed by atoms with E-state index in [1.165, 1.54) is 22.4 Å². The van der Waals surface area contributed by atoms with Gasteiger partial charge in [0.25, 0.3) is 0 Å². The molecule has 2 aliphatic heterocycles. The Balaban J connectivity index is 1.30.